The lowest BCUT2D eigenvalue weighted by molar-refractivity contribution is 0.112. The van der Waals surface area contributed by atoms with E-state index < -0.39 is 0 Å². The van der Waals surface area contributed by atoms with Gasteiger partial charge in [0.2, 0.25) is 0 Å². The minimum absolute atomic E-state index is 0.0149. The van der Waals surface area contributed by atoms with Crippen molar-refractivity contribution >= 4 is 17.2 Å². The standard InChI is InChI=1S/C8H6N2O2/c11-4-6-5-3-9-10-7(5)1-2-8(6)12/h1-4,12H,(H,9,10). The topological polar surface area (TPSA) is 66.0 Å². The molecule has 1 heterocycles. The second-order valence-electron chi connectivity index (χ2n) is 2.43. The van der Waals surface area contributed by atoms with Gasteiger partial charge >= 0.3 is 0 Å². The van der Waals surface area contributed by atoms with Crippen LogP contribution in [-0.4, -0.2) is 21.6 Å². The van der Waals surface area contributed by atoms with Gasteiger partial charge in [-0.3, -0.25) is 9.89 Å². The molecule has 0 aliphatic heterocycles. The maximum absolute atomic E-state index is 10.5. The van der Waals surface area contributed by atoms with E-state index in [2.05, 4.69) is 10.2 Å². The molecule has 0 fully saturated rings. The van der Waals surface area contributed by atoms with Crippen LogP contribution in [0, 0.1) is 0 Å². The number of phenols is 1. The molecule has 0 aliphatic rings. The molecule has 0 aliphatic carbocycles. The highest BCUT2D eigenvalue weighted by atomic mass is 16.3. The smallest absolute Gasteiger partial charge is 0.154 e. The molecule has 0 unspecified atom stereocenters. The van der Waals surface area contributed by atoms with Crippen molar-refractivity contribution in [2.75, 3.05) is 0 Å². The number of aldehydes is 1. The molecule has 12 heavy (non-hydrogen) atoms. The van der Waals surface area contributed by atoms with Crippen molar-refractivity contribution in [3.8, 4) is 5.75 Å². The van der Waals surface area contributed by atoms with Crippen LogP contribution in [-0.2, 0) is 0 Å². The Morgan fingerprint density at radius 2 is 2.33 bits per heavy atom. The first-order chi connectivity index (χ1) is 5.83. The number of nitrogens with zero attached hydrogens (tertiary/aromatic N) is 1. The summed E-state index contributed by atoms with van der Waals surface area (Å²) in [5, 5.41) is 16.4. The van der Waals surface area contributed by atoms with Gasteiger partial charge in [0, 0.05) is 11.6 Å². The summed E-state index contributed by atoms with van der Waals surface area (Å²) in [6.07, 6.45) is 2.20. The molecule has 1 aromatic heterocycles. The van der Waals surface area contributed by atoms with Gasteiger partial charge in [-0.2, -0.15) is 5.10 Å². The minimum Gasteiger partial charge on any atom is -0.507 e. The molecule has 2 N–H and O–H groups in total. The average molecular weight is 162 g/mol. The number of phenolic OH excluding ortho intramolecular Hbond substituents is 1. The summed E-state index contributed by atoms with van der Waals surface area (Å²) in [7, 11) is 0. The van der Waals surface area contributed by atoms with E-state index in [-0.39, 0.29) is 11.3 Å². The fraction of sp³-hybridized carbons (Fsp3) is 0. The molecule has 2 rings (SSSR count). The number of fused-ring (bicyclic) bond motifs is 1. The summed E-state index contributed by atoms with van der Waals surface area (Å²) in [5.41, 5.74) is 0.955. The zero-order valence-electron chi connectivity index (χ0n) is 6.11. The van der Waals surface area contributed by atoms with E-state index in [1.54, 1.807) is 12.3 Å². The number of aromatic amines is 1. The Morgan fingerprint density at radius 1 is 1.50 bits per heavy atom. The molecule has 0 amide bonds. The largest absolute Gasteiger partial charge is 0.507 e. The third-order valence-corrected chi connectivity index (χ3v) is 1.75. The Balaban J connectivity index is 2.91. The normalized spacial score (nSPS) is 10.3. The minimum atomic E-state index is -0.0149. The van der Waals surface area contributed by atoms with Gasteiger partial charge in [0.25, 0.3) is 0 Å². The molecule has 1 aromatic carbocycles. The third kappa shape index (κ3) is 0.780. The van der Waals surface area contributed by atoms with E-state index in [4.69, 9.17) is 0 Å². The monoisotopic (exact) mass is 162 g/mol. The van der Waals surface area contributed by atoms with Crippen LogP contribution in [0.15, 0.2) is 18.3 Å². The Bertz CT molecular complexity index is 434. The first-order valence-corrected chi connectivity index (χ1v) is 3.43. The van der Waals surface area contributed by atoms with Crippen molar-refractivity contribution in [1.82, 2.24) is 10.2 Å². The quantitative estimate of drug-likeness (QED) is 0.616. The van der Waals surface area contributed by atoms with Gasteiger partial charge in [-0.15, -0.1) is 0 Å². The molecule has 4 heteroatoms. The first kappa shape index (κ1) is 6.84. The van der Waals surface area contributed by atoms with Crippen LogP contribution < -0.4 is 0 Å². The Labute approximate surface area is 67.8 Å². The summed E-state index contributed by atoms with van der Waals surface area (Å²) in [5.74, 6) is -0.0149. The average Bonchev–Trinajstić information content (AvgIpc) is 2.52. The van der Waals surface area contributed by atoms with Gasteiger partial charge in [0.15, 0.2) is 6.29 Å². The molecular weight excluding hydrogens is 156 g/mol. The van der Waals surface area contributed by atoms with Crippen LogP contribution in [0.1, 0.15) is 10.4 Å². The zero-order valence-corrected chi connectivity index (χ0v) is 6.11. The first-order valence-electron chi connectivity index (χ1n) is 3.43. The lowest BCUT2D eigenvalue weighted by atomic mass is 10.1. The Morgan fingerprint density at radius 3 is 3.08 bits per heavy atom. The summed E-state index contributed by atoms with van der Waals surface area (Å²) in [6.45, 7) is 0. The summed E-state index contributed by atoms with van der Waals surface area (Å²) >= 11 is 0. The number of hydrogen-bond donors (Lipinski definition) is 2. The number of rotatable bonds is 1. The van der Waals surface area contributed by atoms with E-state index in [0.29, 0.717) is 17.2 Å². The predicted molar refractivity (Wildman–Crippen MR) is 43.1 cm³/mol. The zero-order chi connectivity index (χ0) is 8.55. The molecular formula is C8H6N2O2. The van der Waals surface area contributed by atoms with Gasteiger partial charge in [-0.05, 0) is 12.1 Å². The van der Waals surface area contributed by atoms with Gasteiger partial charge in [-0.25, -0.2) is 0 Å². The number of hydrogen-bond acceptors (Lipinski definition) is 3. The Kier molecular flexibility index (Phi) is 1.33. The molecule has 60 valence electrons. The van der Waals surface area contributed by atoms with Crippen LogP contribution in [0.4, 0.5) is 0 Å². The van der Waals surface area contributed by atoms with Crippen molar-refractivity contribution < 1.29 is 9.90 Å². The highest BCUT2D eigenvalue weighted by Crippen LogP contribution is 2.23. The molecule has 0 radical (unpaired) electrons. The maximum Gasteiger partial charge on any atom is 0.154 e. The summed E-state index contributed by atoms with van der Waals surface area (Å²) in [4.78, 5) is 10.5. The van der Waals surface area contributed by atoms with Crippen molar-refractivity contribution in [1.29, 1.82) is 0 Å². The lowest BCUT2D eigenvalue weighted by Gasteiger charge is -1.95. The fourth-order valence-electron chi connectivity index (χ4n) is 1.15. The number of aromatic nitrogens is 2. The van der Waals surface area contributed by atoms with Gasteiger partial charge < -0.3 is 5.11 Å². The predicted octanol–water partition coefficient (Wildman–Crippen LogP) is 1.08. The van der Waals surface area contributed by atoms with Crippen LogP contribution in [0.2, 0.25) is 0 Å². The molecule has 0 saturated heterocycles. The highest BCUT2D eigenvalue weighted by molar-refractivity contribution is 5.98. The second kappa shape index (κ2) is 2.34. The number of H-pyrrole nitrogens is 1. The molecule has 0 atom stereocenters. The lowest BCUT2D eigenvalue weighted by Crippen LogP contribution is -1.81. The van der Waals surface area contributed by atoms with Gasteiger partial charge in [0.1, 0.15) is 5.75 Å². The number of benzene rings is 1. The van der Waals surface area contributed by atoms with Crippen LogP contribution in [0.25, 0.3) is 10.9 Å². The van der Waals surface area contributed by atoms with Gasteiger partial charge in [-0.1, -0.05) is 0 Å². The van der Waals surface area contributed by atoms with Crippen LogP contribution >= 0.6 is 0 Å². The van der Waals surface area contributed by atoms with Crippen molar-refractivity contribution in [3.63, 3.8) is 0 Å². The van der Waals surface area contributed by atoms with Gasteiger partial charge in [0.05, 0.1) is 11.1 Å². The maximum atomic E-state index is 10.5. The van der Waals surface area contributed by atoms with Crippen LogP contribution in [0.5, 0.6) is 5.75 Å². The van der Waals surface area contributed by atoms with E-state index in [1.165, 1.54) is 6.07 Å². The van der Waals surface area contributed by atoms with E-state index in [9.17, 15) is 9.90 Å². The number of carbonyl (C=O) groups is 1. The van der Waals surface area contributed by atoms with Crippen molar-refractivity contribution in [2.24, 2.45) is 0 Å². The highest BCUT2D eigenvalue weighted by Gasteiger charge is 2.06. The SMILES string of the molecule is O=Cc1c(O)ccc2n[nH]cc12. The number of nitrogens with one attached hydrogen (secondary N) is 1. The third-order valence-electron chi connectivity index (χ3n) is 1.75. The second-order valence-corrected chi connectivity index (χ2v) is 2.43. The Hall–Kier alpha value is -1.84. The summed E-state index contributed by atoms with van der Waals surface area (Å²) < 4.78 is 0. The van der Waals surface area contributed by atoms with E-state index in [1.807, 2.05) is 0 Å². The molecule has 0 spiro atoms. The van der Waals surface area contributed by atoms with E-state index in [0.717, 1.165) is 0 Å². The van der Waals surface area contributed by atoms with Crippen molar-refractivity contribution in [3.05, 3.63) is 23.9 Å². The fourth-order valence-corrected chi connectivity index (χ4v) is 1.15. The molecule has 0 bridgehead atoms. The molecule has 2 aromatic rings. The number of aromatic hydroxyl groups is 1. The molecule has 4 nitrogen and oxygen atoms in total. The van der Waals surface area contributed by atoms with Crippen LogP contribution in [0.3, 0.4) is 0 Å². The van der Waals surface area contributed by atoms with E-state index >= 15 is 0 Å². The number of carbonyl (C=O) groups excluding carboxylic acids is 1. The summed E-state index contributed by atoms with van der Waals surface area (Å²) in [6, 6.07) is 3.10. The van der Waals surface area contributed by atoms with Crippen molar-refractivity contribution in [2.45, 2.75) is 0 Å². The molecule has 0 saturated carbocycles.